The molecule has 3 aromatic carbocycles. The van der Waals surface area contributed by atoms with Crippen molar-refractivity contribution in [3.8, 4) is 28.5 Å². The second-order valence-electron chi connectivity index (χ2n) is 8.07. The smallest absolute Gasteiger partial charge is 0.311 e. The zero-order valence-corrected chi connectivity index (χ0v) is 20.0. The Morgan fingerprint density at radius 1 is 0.923 bits per heavy atom. The van der Waals surface area contributed by atoms with Gasteiger partial charge in [0.1, 0.15) is 17.4 Å². The van der Waals surface area contributed by atoms with E-state index >= 15 is 0 Å². The molecule has 4 aromatic rings. The van der Waals surface area contributed by atoms with Gasteiger partial charge in [-0.05, 0) is 11.6 Å². The zero-order valence-electron chi connectivity index (χ0n) is 20.0. The van der Waals surface area contributed by atoms with Crippen molar-refractivity contribution in [3.63, 3.8) is 0 Å². The molecule has 0 unspecified atom stereocenters. The SMILES string of the molecule is N#Cc1c(NC(=O)COC(=O)Cc2ccc([N+](=O)[O-])cc2[N+](=O)[O-])oc(-c2ccccc2)c1-c1ccccc1. The number of ether oxygens (including phenoxy) is 1. The van der Waals surface area contributed by atoms with E-state index in [4.69, 9.17) is 9.15 Å². The maximum Gasteiger partial charge on any atom is 0.311 e. The summed E-state index contributed by atoms with van der Waals surface area (Å²) in [6.07, 6.45) is -0.595. The number of nitriles is 1. The molecular weight excluding hydrogens is 508 g/mol. The highest BCUT2D eigenvalue weighted by atomic mass is 16.6. The molecule has 0 aliphatic carbocycles. The lowest BCUT2D eigenvalue weighted by molar-refractivity contribution is -0.394. The van der Waals surface area contributed by atoms with Crippen LogP contribution in [0.5, 0.6) is 0 Å². The summed E-state index contributed by atoms with van der Waals surface area (Å²) in [6.45, 7) is -0.771. The Bertz CT molecular complexity index is 1610. The molecule has 0 spiro atoms. The van der Waals surface area contributed by atoms with Crippen molar-refractivity contribution in [2.75, 3.05) is 11.9 Å². The third-order valence-electron chi connectivity index (χ3n) is 5.55. The summed E-state index contributed by atoms with van der Waals surface area (Å²) in [5.41, 5.74) is 0.659. The highest BCUT2D eigenvalue weighted by molar-refractivity contribution is 5.96. The topological polar surface area (TPSA) is 179 Å². The zero-order chi connectivity index (χ0) is 27.9. The molecular formula is C27H18N4O8. The molecule has 0 aliphatic rings. The number of rotatable bonds is 9. The van der Waals surface area contributed by atoms with Crippen molar-refractivity contribution in [1.29, 1.82) is 5.26 Å². The van der Waals surface area contributed by atoms with Crippen LogP contribution in [-0.4, -0.2) is 28.3 Å². The van der Waals surface area contributed by atoms with Crippen LogP contribution in [0.1, 0.15) is 11.1 Å². The van der Waals surface area contributed by atoms with E-state index in [9.17, 15) is 35.1 Å². The Hall–Kier alpha value is -5.83. The Balaban J connectivity index is 1.51. The minimum Gasteiger partial charge on any atom is -0.455 e. The number of nitrogens with zero attached hydrogens (tertiary/aromatic N) is 3. The van der Waals surface area contributed by atoms with Gasteiger partial charge in [0.15, 0.2) is 6.61 Å². The normalized spacial score (nSPS) is 10.3. The first-order valence-electron chi connectivity index (χ1n) is 11.3. The van der Waals surface area contributed by atoms with E-state index in [1.54, 1.807) is 48.5 Å². The number of hydrogen-bond donors (Lipinski definition) is 1. The van der Waals surface area contributed by atoms with Gasteiger partial charge in [-0.2, -0.15) is 5.26 Å². The quantitative estimate of drug-likeness (QED) is 0.178. The molecule has 1 aromatic heterocycles. The van der Waals surface area contributed by atoms with Crippen molar-refractivity contribution < 1.29 is 28.6 Å². The number of anilines is 1. The average molecular weight is 526 g/mol. The van der Waals surface area contributed by atoms with Gasteiger partial charge in [0.25, 0.3) is 17.3 Å². The highest BCUT2D eigenvalue weighted by Crippen LogP contribution is 2.41. The van der Waals surface area contributed by atoms with Gasteiger partial charge in [0.05, 0.1) is 22.3 Å². The number of carbonyl (C=O) groups is 2. The van der Waals surface area contributed by atoms with E-state index in [1.807, 2.05) is 12.1 Å². The van der Waals surface area contributed by atoms with Crippen molar-refractivity contribution in [2.24, 2.45) is 0 Å². The summed E-state index contributed by atoms with van der Waals surface area (Å²) in [7, 11) is 0. The van der Waals surface area contributed by atoms with E-state index < -0.39 is 46.1 Å². The fourth-order valence-electron chi connectivity index (χ4n) is 3.80. The fourth-order valence-corrected chi connectivity index (χ4v) is 3.80. The van der Waals surface area contributed by atoms with Gasteiger partial charge in [0.2, 0.25) is 5.88 Å². The van der Waals surface area contributed by atoms with Crippen LogP contribution in [0.3, 0.4) is 0 Å². The third kappa shape index (κ3) is 5.95. The predicted molar refractivity (Wildman–Crippen MR) is 137 cm³/mol. The van der Waals surface area contributed by atoms with Gasteiger partial charge in [-0.3, -0.25) is 35.1 Å². The van der Waals surface area contributed by atoms with E-state index in [2.05, 4.69) is 11.4 Å². The molecule has 0 aliphatic heterocycles. The Morgan fingerprint density at radius 3 is 2.15 bits per heavy atom. The van der Waals surface area contributed by atoms with Gasteiger partial charge >= 0.3 is 5.97 Å². The molecule has 12 heteroatoms. The molecule has 0 saturated heterocycles. The van der Waals surface area contributed by atoms with Gasteiger partial charge in [0, 0.05) is 22.8 Å². The number of nitro groups is 2. The number of benzene rings is 3. The number of hydrogen-bond acceptors (Lipinski definition) is 9. The lowest BCUT2D eigenvalue weighted by Gasteiger charge is -2.06. The molecule has 4 rings (SSSR count). The number of non-ortho nitro benzene ring substituents is 1. The number of nitro benzene ring substituents is 2. The van der Waals surface area contributed by atoms with Crippen LogP contribution >= 0.6 is 0 Å². The first kappa shape index (κ1) is 26.2. The van der Waals surface area contributed by atoms with Gasteiger partial charge in [-0.15, -0.1) is 0 Å². The van der Waals surface area contributed by atoms with E-state index in [0.717, 1.165) is 18.2 Å². The van der Waals surface area contributed by atoms with Crippen LogP contribution in [-0.2, 0) is 20.7 Å². The first-order chi connectivity index (χ1) is 18.8. The summed E-state index contributed by atoms with van der Waals surface area (Å²) >= 11 is 0. The van der Waals surface area contributed by atoms with Crippen LogP contribution < -0.4 is 5.32 Å². The van der Waals surface area contributed by atoms with Crippen LogP contribution in [0, 0.1) is 31.6 Å². The number of carbonyl (C=O) groups excluding carboxylic acids is 2. The molecule has 0 atom stereocenters. The lowest BCUT2D eigenvalue weighted by Crippen LogP contribution is -2.22. The molecule has 1 amide bonds. The van der Waals surface area contributed by atoms with Crippen LogP contribution in [0.4, 0.5) is 17.3 Å². The van der Waals surface area contributed by atoms with Crippen LogP contribution in [0.2, 0.25) is 0 Å². The van der Waals surface area contributed by atoms with E-state index in [-0.39, 0.29) is 17.0 Å². The minimum atomic E-state index is -0.975. The maximum atomic E-state index is 12.6. The number of furan rings is 1. The van der Waals surface area contributed by atoms with Gasteiger partial charge < -0.3 is 9.15 Å². The number of nitrogens with one attached hydrogen (secondary N) is 1. The van der Waals surface area contributed by atoms with Crippen molar-refractivity contribution in [1.82, 2.24) is 0 Å². The molecule has 0 bridgehead atoms. The van der Waals surface area contributed by atoms with Crippen molar-refractivity contribution in [3.05, 3.63) is 110 Å². The molecule has 1 N–H and O–H groups in total. The van der Waals surface area contributed by atoms with Crippen LogP contribution in [0.25, 0.3) is 22.5 Å². The first-order valence-corrected chi connectivity index (χ1v) is 11.3. The molecule has 39 heavy (non-hydrogen) atoms. The molecule has 0 fully saturated rings. The molecule has 0 radical (unpaired) electrons. The molecule has 12 nitrogen and oxygen atoms in total. The lowest BCUT2D eigenvalue weighted by atomic mass is 9.98. The van der Waals surface area contributed by atoms with Gasteiger partial charge in [-0.25, -0.2) is 0 Å². The Kier molecular flexibility index (Phi) is 7.73. The van der Waals surface area contributed by atoms with Crippen LogP contribution in [0.15, 0.2) is 83.3 Å². The summed E-state index contributed by atoms with van der Waals surface area (Å²) in [4.78, 5) is 45.4. The summed E-state index contributed by atoms with van der Waals surface area (Å²) < 4.78 is 10.8. The molecule has 1 heterocycles. The number of esters is 1. The van der Waals surface area contributed by atoms with Crippen molar-refractivity contribution in [2.45, 2.75) is 6.42 Å². The largest absolute Gasteiger partial charge is 0.455 e. The Labute approximate surface area is 220 Å². The van der Waals surface area contributed by atoms with Crippen molar-refractivity contribution >= 4 is 29.1 Å². The second-order valence-corrected chi connectivity index (χ2v) is 8.07. The minimum absolute atomic E-state index is 0.0706. The maximum absolute atomic E-state index is 12.6. The monoisotopic (exact) mass is 526 g/mol. The summed E-state index contributed by atoms with van der Waals surface area (Å²) in [6, 6.07) is 22.9. The highest BCUT2D eigenvalue weighted by Gasteiger charge is 2.25. The summed E-state index contributed by atoms with van der Waals surface area (Å²) in [5.74, 6) is -1.57. The average Bonchev–Trinajstić information content (AvgIpc) is 3.30. The van der Waals surface area contributed by atoms with E-state index in [0.29, 0.717) is 22.5 Å². The summed E-state index contributed by atoms with van der Waals surface area (Å²) in [5, 5.41) is 34.5. The molecule has 0 saturated carbocycles. The molecule has 194 valence electrons. The number of amides is 1. The predicted octanol–water partition coefficient (Wildman–Crippen LogP) is 5.03. The second kappa shape index (κ2) is 11.5. The third-order valence-corrected chi connectivity index (χ3v) is 5.55. The standard InChI is InChI=1S/C27H18N4O8/c28-15-21-25(17-7-3-1-4-8-17)26(18-9-5-2-6-10-18)39-27(21)29-23(32)16-38-24(33)13-19-11-12-20(30(34)35)14-22(19)31(36)37/h1-12,14H,13,16H2,(H,29,32). The fraction of sp³-hybridized carbons (Fsp3) is 0.0741. The Morgan fingerprint density at radius 2 is 1.56 bits per heavy atom. The van der Waals surface area contributed by atoms with E-state index in [1.165, 1.54) is 0 Å². The van der Waals surface area contributed by atoms with Gasteiger partial charge in [-0.1, -0.05) is 60.7 Å².